The van der Waals surface area contributed by atoms with Gasteiger partial charge >= 0.3 is 5.97 Å². The highest BCUT2D eigenvalue weighted by Gasteiger charge is 2.72. The van der Waals surface area contributed by atoms with E-state index in [9.17, 15) is 24.8 Å². The average molecular weight is 724 g/mol. The number of fused-ring (bicyclic) bond motifs is 3. The molecule has 3 N–H and O–H groups in total. The van der Waals surface area contributed by atoms with Crippen LogP contribution in [0.3, 0.4) is 0 Å². The Hall–Kier alpha value is -4.06. The molecule has 50 heavy (non-hydrogen) atoms. The molecular weight excluding hydrogens is 686 g/mol. The number of nitrogens with one attached hydrogen (secondary N) is 2. The Labute approximate surface area is 298 Å². The Balaban J connectivity index is 1.39. The van der Waals surface area contributed by atoms with Gasteiger partial charge in [0, 0.05) is 46.9 Å². The van der Waals surface area contributed by atoms with Crippen LogP contribution in [0.2, 0.25) is 10.0 Å². The highest BCUT2D eigenvalue weighted by atomic mass is 35.5. The van der Waals surface area contributed by atoms with E-state index in [4.69, 9.17) is 23.2 Å². The minimum Gasteiger partial charge on any atom is -0.481 e. The minimum absolute atomic E-state index is 0.0839. The van der Waals surface area contributed by atoms with Crippen LogP contribution >= 0.6 is 23.2 Å². The number of aliphatic carboxylic acids is 1. The first-order valence-electron chi connectivity index (χ1n) is 17.1. The number of halogens is 3. The van der Waals surface area contributed by atoms with E-state index in [1.807, 2.05) is 0 Å². The lowest BCUT2D eigenvalue weighted by Gasteiger charge is -2.47. The summed E-state index contributed by atoms with van der Waals surface area (Å²) in [5.74, 6) is -3.83. The van der Waals surface area contributed by atoms with Crippen molar-refractivity contribution in [1.82, 2.24) is 10.2 Å². The number of non-ortho nitro benzene ring substituents is 1. The second-order valence-electron chi connectivity index (χ2n) is 14.1. The number of hydrogen-bond donors (Lipinski definition) is 3. The third-order valence-corrected chi connectivity index (χ3v) is 12.1. The molecule has 3 atom stereocenters. The van der Waals surface area contributed by atoms with Crippen LogP contribution in [-0.2, 0) is 26.3 Å². The third-order valence-electron chi connectivity index (χ3n) is 11.6. The summed E-state index contributed by atoms with van der Waals surface area (Å²) >= 11 is 12.8. The summed E-state index contributed by atoms with van der Waals surface area (Å²) in [5, 5.41) is 28.1. The number of nitro groups is 1. The van der Waals surface area contributed by atoms with Crippen molar-refractivity contribution in [3.63, 3.8) is 0 Å². The normalized spacial score (nSPS) is 26.8. The third kappa shape index (κ3) is 5.54. The molecule has 2 heterocycles. The lowest BCUT2D eigenvalue weighted by atomic mass is 9.55. The van der Waals surface area contributed by atoms with Crippen LogP contribution in [0, 0.1) is 21.8 Å². The predicted octanol–water partition coefficient (Wildman–Crippen LogP) is 7.36. The molecule has 7 rings (SSSR count). The van der Waals surface area contributed by atoms with Crippen LogP contribution in [-0.4, -0.2) is 50.3 Å². The van der Waals surface area contributed by atoms with Gasteiger partial charge in [0.2, 0.25) is 11.8 Å². The summed E-state index contributed by atoms with van der Waals surface area (Å²) in [5.41, 5.74) is -0.459. The van der Waals surface area contributed by atoms with Crippen LogP contribution in [0.15, 0.2) is 60.7 Å². The Bertz CT molecular complexity index is 1860. The fraction of sp³-hybridized carbons (Fsp3) is 0.432. The van der Waals surface area contributed by atoms with Crippen molar-refractivity contribution < 1.29 is 28.8 Å². The molecule has 2 spiro atoms. The van der Waals surface area contributed by atoms with Crippen molar-refractivity contribution >= 4 is 52.4 Å². The summed E-state index contributed by atoms with van der Waals surface area (Å²) in [6.07, 6.45) is 5.27. The molecule has 4 aliphatic rings. The van der Waals surface area contributed by atoms with E-state index in [-0.39, 0.29) is 40.7 Å². The lowest BCUT2D eigenvalue weighted by molar-refractivity contribution is -0.384. The Kier molecular flexibility index (Phi) is 9.11. The Morgan fingerprint density at radius 2 is 1.70 bits per heavy atom. The maximum atomic E-state index is 16.4. The molecule has 3 aromatic rings. The molecule has 0 unspecified atom stereocenters. The molecule has 262 valence electrons. The topological polar surface area (TPSA) is 142 Å². The molecule has 2 aliphatic carbocycles. The molecule has 0 aromatic heterocycles. The maximum Gasteiger partial charge on any atom is 0.306 e. The number of hydrogen-bond acceptors (Lipinski definition) is 6. The van der Waals surface area contributed by atoms with Gasteiger partial charge in [0.25, 0.3) is 5.69 Å². The van der Waals surface area contributed by atoms with Crippen LogP contribution in [0.4, 0.5) is 15.8 Å². The molecule has 0 radical (unpaired) electrons. The van der Waals surface area contributed by atoms with Crippen LogP contribution in [0.5, 0.6) is 0 Å². The van der Waals surface area contributed by atoms with Crippen molar-refractivity contribution in [1.29, 1.82) is 0 Å². The van der Waals surface area contributed by atoms with Crippen molar-refractivity contribution in [2.24, 2.45) is 5.92 Å². The predicted molar refractivity (Wildman–Crippen MR) is 186 cm³/mol. The summed E-state index contributed by atoms with van der Waals surface area (Å²) in [6.45, 7) is 0.0839. The smallest absolute Gasteiger partial charge is 0.306 e. The number of anilines is 1. The van der Waals surface area contributed by atoms with Gasteiger partial charge in [-0.25, -0.2) is 4.39 Å². The van der Waals surface area contributed by atoms with Gasteiger partial charge in [-0.05, 0) is 73.4 Å². The van der Waals surface area contributed by atoms with Gasteiger partial charge in [-0.3, -0.25) is 29.8 Å². The first-order chi connectivity index (χ1) is 24.0. The minimum atomic E-state index is -1.40. The quantitative estimate of drug-likeness (QED) is 0.171. The molecule has 3 fully saturated rings. The summed E-state index contributed by atoms with van der Waals surface area (Å²) < 4.78 is 16.4. The largest absolute Gasteiger partial charge is 0.481 e. The zero-order valence-corrected chi connectivity index (χ0v) is 28.7. The van der Waals surface area contributed by atoms with E-state index in [0.717, 1.165) is 19.3 Å². The van der Waals surface area contributed by atoms with Crippen molar-refractivity contribution in [3.8, 4) is 0 Å². The average Bonchev–Trinajstić information content (AvgIpc) is 3.56. The molecular formula is C37H37Cl2FN4O6. The lowest BCUT2D eigenvalue weighted by Crippen LogP contribution is -2.60. The maximum absolute atomic E-state index is 16.4. The Morgan fingerprint density at radius 1 is 1.00 bits per heavy atom. The van der Waals surface area contributed by atoms with E-state index >= 15 is 9.18 Å². The monoisotopic (exact) mass is 722 g/mol. The second-order valence-corrected chi connectivity index (χ2v) is 14.9. The van der Waals surface area contributed by atoms with E-state index < -0.39 is 45.5 Å². The van der Waals surface area contributed by atoms with Gasteiger partial charge in [-0.2, -0.15) is 0 Å². The van der Waals surface area contributed by atoms with Crippen molar-refractivity contribution in [2.45, 2.75) is 93.3 Å². The van der Waals surface area contributed by atoms with Gasteiger partial charge in [0.15, 0.2) is 0 Å². The molecule has 10 nitrogen and oxygen atoms in total. The summed E-state index contributed by atoms with van der Waals surface area (Å²) in [7, 11) is 0. The zero-order chi connectivity index (χ0) is 35.4. The van der Waals surface area contributed by atoms with Gasteiger partial charge in [-0.1, -0.05) is 72.8 Å². The van der Waals surface area contributed by atoms with Crippen molar-refractivity contribution in [2.75, 3.05) is 5.32 Å². The van der Waals surface area contributed by atoms with Gasteiger partial charge in [-0.15, -0.1) is 0 Å². The number of carboxylic acids is 1. The molecule has 13 heteroatoms. The van der Waals surface area contributed by atoms with E-state index in [2.05, 4.69) is 10.6 Å². The van der Waals surface area contributed by atoms with Crippen molar-refractivity contribution in [3.05, 3.63) is 103 Å². The van der Waals surface area contributed by atoms with Crippen LogP contribution in [0.25, 0.3) is 0 Å². The van der Waals surface area contributed by atoms with Gasteiger partial charge in [0.05, 0.1) is 21.9 Å². The number of benzene rings is 3. The van der Waals surface area contributed by atoms with Gasteiger partial charge in [0.1, 0.15) is 11.2 Å². The SMILES string of the molecule is O=C(O)C1CCC(N(Cc2ccc([N+](=O)[O-])cc2)C(=O)[C@@H]2NC3(CCCCC3)[C@@]3(C(=O)Nc4cc(Cl)ccc43)[C@H]2c2cccc(Cl)c2F)CC1. The standard InChI is InChI=1S/C37H37Cl2FN4O6/c38-23-11-16-27-29(19-23)41-35(48)37(27)30(26-5-4-6-28(39)31(26)40)32(42-36(37)17-2-1-3-18-36)33(45)43(24-14-9-22(10-15-24)34(46)47)20-21-7-12-25(13-8-21)44(49)50/h4-8,11-13,16,19,22,24,30,32,42H,1-3,9-10,14-15,17-18,20H2,(H,41,48)(H,46,47)/t22?,24?,30-,32+,37+/m0/s1. The molecule has 3 aromatic carbocycles. The second kappa shape index (κ2) is 13.2. The molecule has 2 aliphatic heterocycles. The van der Waals surface area contributed by atoms with E-state index in [1.54, 1.807) is 47.4 Å². The van der Waals surface area contributed by atoms with Crippen LogP contribution in [0.1, 0.15) is 80.4 Å². The summed E-state index contributed by atoms with van der Waals surface area (Å²) in [4.78, 5) is 54.6. The number of carboxylic acid groups (broad SMARTS) is 1. The number of nitrogens with zero attached hydrogens (tertiary/aromatic N) is 2. The molecule has 2 amide bonds. The molecule has 1 saturated heterocycles. The molecule has 0 bridgehead atoms. The number of rotatable bonds is 7. The number of carbonyl (C=O) groups is 3. The van der Waals surface area contributed by atoms with Crippen LogP contribution < -0.4 is 10.6 Å². The highest BCUT2D eigenvalue weighted by Crippen LogP contribution is 2.63. The molecule has 2 saturated carbocycles. The number of nitro benzene ring substituents is 1. The zero-order valence-electron chi connectivity index (χ0n) is 27.2. The van der Waals surface area contributed by atoms with E-state index in [1.165, 1.54) is 18.2 Å². The fourth-order valence-corrected chi connectivity index (χ4v) is 9.68. The number of amides is 2. The van der Waals surface area contributed by atoms with E-state index in [0.29, 0.717) is 60.4 Å². The number of carbonyl (C=O) groups excluding carboxylic acids is 2. The summed E-state index contributed by atoms with van der Waals surface area (Å²) in [6, 6.07) is 14.4. The first-order valence-corrected chi connectivity index (χ1v) is 17.8. The first kappa shape index (κ1) is 34.4. The Morgan fingerprint density at radius 3 is 2.36 bits per heavy atom. The highest BCUT2D eigenvalue weighted by molar-refractivity contribution is 6.31. The van der Waals surface area contributed by atoms with Gasteiger partial charge < -0.3 is 15.3 Å². The fourth-order valence-electron chi connectivity index (χ4n) is 9.32.